The monoisotopic (exact) mass is 280 g/mol. The normalized spacial score (nSPS) is 10.1. The number of carbonyl (C=O) groups excluding carboxylic acids is 1. The van der Waals surface area contributed by atoms with Crippen LogP contribution in [0.15, 0.2) is 23.1 Å². The molecule has 0 saturated carbocycles. The molecule has 0 saturated heterocycles. The van der Waals surface area contributed by atoms with Crippen molar-refractivity contribution in [2.45, 2.75) is 11.8 Å². The molecule has 96 valence electrons. The van der Waals surface area contributed by atoms with Gasteiger partial charge in [-0.25, -0.2) is 8.42 Å². The fourth-order valence-electron chi connectivity index (χ4n) is 0.790. The van der Waals surface area contributed by atoms with Gasteiger partial charge in [-0.05, 0) is 18.2 Å². The lowest BCUT2D eigenvalue weighted by Gasteiger charge is -2.00. The van der Waals surface area contributed by atoms with Crippen LogP contribution in [0.3, 0.4) is 0 Å². The van der Waals surface area contributed by atoms with Crippen LogP contribution in [0.4, 0.5) is 0 Å². The van der Waals surface area contributed by atoms with E-state index in [-0.39, 0.29) is 21.6 Å². The number of phenols is 1. The Hall–Kier alpha value is -1.27. The molecular weight excluding hydrogens is 268 g/mol. The summed E-state index contributed by atoms with van der Waals surface area (Å²) in [5.74, 6) is -0.294. The number of halogens is 1. The first-order chi connectivity index (χ1) is 7.68. The van der Waals surface area contributed by atoms with Crippen molar-refractivity contribution >= 4 is 27.4 Å². The molecule has 5 nitrogen and oxygen atoms in total. The topological polar surface area (TPSA) is 80.7 Å². The number of benzene rings is 1. The minimum atomic E-state index is -3.29. The van der Waals surface area contributed by atoms with Crippen molar-refractivity contribution in [3.63, 3.8) is 0 Å². The Morgan fingerprint density at radius 3 is 2.18 bits per heavy atom. The van der Waals surface area contributed by atoms with Crippen molar-refractivity contribution in [2.75, 3.05) is 13.4 Å². The summed E-state index contributed by atoms with van der Waals surface area (Å²) in [6.07, 6.45) is 1.06. The number of hydrogen-bond acceptors (Lipinski definition) is 5. The average Bonchev–Trinajstić information content (AvgIpc) is 2.16. The zero-order valence-electron chi connectivity index (χ0n) is 9.60. The molecule has 0 aliphatic carbocycles. The van der Waals surface area contributed by atoms with E-state index in [4.69, 9.17) is 16.7 Å². The molecule has 0 radical (unpaired) electrons. The van der Waals surface area contributed by atoms with E-state index in [2.05, 4.69) is 4.74 Å². The first-order valence-electron chi connectivity index (χ1n) is 4.41. The summed E-state index contributed by atoms with van der Waals surface area (Å²) in [5.41, 5.74) is 0. The molecule has 0 unspecified atom stereocenters. The molecule has 0 atom stereocenters. The van der Waals surface area contributed by atoms with Gasteiger partial charge < -0.3 is 9.84 Å². The van der Waals surface area contributed by atoms with Gasteiger partial charge in [0.05, 0.1) is 17.0 Å². The number of methoxy groups -OCH3 is 1. The van der Waals surface area contributed by atoms with E-state index in [9.17, 15) is 13.2 Å². The van der Waals surface area contributed by atoms with Crippen LogP contribution >= 0.6 is 11.6 Å². The standard InChI is InChI=1S/C7H7ClO3S.C3H6O2/c1-12(10,11)7-3-2-5(9)4-6(7)8;1-3(4)5-2/h2-4,9H,1H3;1-2H3. The summed E-state index contributed by atoms with van der Waals surface area (Å²) in [6, 6.07) is 3.74. The highest BCUT2D eigenvalue weighted by molar-refractivity contribution is 7.90. The maximum atomic E-state index is 11.0. The molecule has 17 heavy (non-hydrogen) atoms. The van der Waals surface area contributed by atoms with Crippen LogP contribution in [0.1, 0.15) is 6.92 Å². The number of esters is 1. The fourth-order valence-corrected chi connectivity index (χ4v) is 2.11. The SMILES string of the molecule is COC(C)=O.CS(=O)(=O)c1ccc(O)cc1Cl. The molecule has 0 aliphatic rings. The Kier molecular flexibility index (Phi) is 5.98. The van der Waals surface area contributed by atoms with E-state index in [0.29, 0.717) is 0 Å². The second kappa shape index (κ2) is 6.46. The lowest BCUT2D eigenvalue weighted by Crippen LogP contribution is -1.97. The van der Waals surface area contributed by atoms with Gasteiger partial charge >= 0.3 is 5.97 Å². The molecular formula is C10H13ClO5S. The summed E-state index contributed by atoms with van der Waals surface area (Å²) in [5, 5.41) is 8.96. The van der Waals surface area contributed by atoms with Gasteiger partial charge in [0.2, 0.25) is 0 Å². The maximum absolute atomic E-state index is 11.0. The zero-order chi connectivity index (χ0) is 13.6. The Bertz CT molecular complexity index is 495. The lowest BCUT2D eigenvalue weighted by atomic mass is 10.3. The Labute approximate surface area is 105 Å². The van der Waals surface area contributed by atoms with Gasteiger partial charge in [-0.1, -0.05) is 11.6 Å². The van der Waals surface area contributed by atoms with Crippen molar-refractivity contribution < 1.29 is 23.1 Å². The highest BCUT2D eigenvalue weighted by Crippen LogP contribution is 2.24. The fraction of sp³-hybridized carbons (Fsp3) is 0.300. The third-order valence-corrected chi connectivity index (χ3v) is 3.18. The third kappa shape index (κ3) is 6.13. The summed E-state index contributed by atoms with van der Waals surface area (Å²) in [7, 11) is -1.94. The molecule has 0 bridgehead atoms. The van der Waals surface area contributed by atoms with Gasteiger partial charge in [0, 0.05) is 13.2 Å². The van der Waals surface area contributed by atoms with E-state index >= 15 is 0 Å². The van der Waals surface area contributed by atoms with Crippen molar-refractivity contribution in [2.24, 2.45) is 0 Å². The van der Waals surface area contributed by atoms with Crippen LogP contribution in [0.5, 0.6) is 5.75 Å². The highest BCUT2D eigenvalue weighted by Gasteiger charge is 2.11. The molecule has 1 aromatic rings. The van der Waals surface area contributed by atoms with Gasteiger partial charge in [-0.2, -0.15) is 0 Å². The molecule has 0 aromatic heterocycles. The smallest absolute Gasteiger partial charge is 0.302 e. The maximum Gasteiger partial charge on any atom is 0.302 e. The van der Waals surface area contributed by atoms with Gasteiger partial charge in [-0.3, -0.25) is 4.79 Å². The molecule has 0 aliphatic heterocycles. The highest BCUT2D eigenvalue weighted by atomic mass is 35.5. The van der Waals surface area contributed by atoms with Crippen molar-refractivity contribution in [3.05, 3.63) is 23.2 Å². The van der Waals surface area contributed by atoms with Crippen LogP contribution in [-0.2, 0) is 19.4 Å². The van der Waals surface area contributed by atoms with Crippen LogP contribution < -0.4 is 0 Å². The predicted octanol–water partition coefficient (Wildman–Crippen LogP) is 1.63. The first-order valence-corrected chi connectivity index (χ1v) is 6.68. The molecule has 7 heteroatoms. The molecule has 0 heterocycles. The molecule has 0 spiro atoms. The molecule has 0 amide bonds. The second-order valence-electron chi connectivity index (χ2n) is 3.08. The average molecular weight is 281 g/mol. The van der Waals surface area contributed by atoms with E-state index in [0.717, 1.165) is 6.26 Å². The number of hydrogen-bond donors (Lipinski definition) is 1. The molecule has 1 N–H and O–H groups in total. The largest absolute Gasteiger partial charge is 0.508 e. The number of carbonyl (C=O) groups is 1. The summed E-state index contributed by atoms with van der Waals surface area (Å²) in [6.45, 7) is 1.36. The van der Waals surface area contributed by atoms with E-state index < -0.39 is 9.84 Å². The van der Waals surface area contributed by atoms with Crippen molar-refractivity contribution in [3.8, 4) is 5.75 Å². The minimum Gasteiger partial charge on any atom is -0.508 e. The molecule has 1 rings (SSSR count). The Morgan fingerprint density at radius 1 is 1.41 bits per heavy atom. The van der Waals surface area contributed by atoms with Crippen LogP contribution in [-0.4, -0.2) is 32.9 Å². The van der Waals surface area contributed by atoms with E-state index in [1.807, 2.05) is 0 Å². The predicted molar refractivity (Wildman–Crippen MR) is 63.9 cm³/mol. The summed E-state index contributed by atoms with van der Waals surface area (Å²) >= 11 is 5.57. The van der Waals surface area contributed by atoms with Gasteiger partial charge in [0.1, 0.15) is 5.75 Å². The third-order valence-electron chi connectivity index (χ3n) is 1.60. The lowest BCUT2D eigenvalue weighted by molar-refractivity contribution is -0.137. The van der Waals surface area contributed by atoms with E-state index in [1.165, 1.54) is 32.2 Å². The van der Waals surface area contributed by atoms with Crippen molar-refractivity contribution in [1.82, 2.24) is 0 Å². The Morgan fingerprint density at radius 2 is 1.88 bits per heavy atom. The number of aromatic hydroxyl groups is 1. The number of ether oxygens (including phenoxy) is 1. The minimum absolute atomic E-state index is 0.0296. The van der Waals surface area contributed by atoms with E-state index in [1.54, 1.807) is 0 Å². The number of rotatable bonds is 1. The first kappa shape index (κ1) is 15.7. The zero-order valence-corrected chi connectivity index (χ0v) is 11.2. The second-order valence-corrected chi connectivity index (χ2v) is 5.47. The van der Waals surface area contributed by atoms with Gasteiger partial charge in [-0.15, -0.1) is 0 Å². The summed E-state index contributed by atoms with van der Waals surface area (Å²) < 4.78 is 26.1. The number of sulfone groups is 1. The van der Waals surface area contributed by atoms with Crippen LogP contribution in [0, 0.1) is 0 Å². The van der Waals surface area contributed by atoms with Crippen molar-refractivity contribution in [1.29, 1.82) is 0 Å². The number of phenolic OH excluding ortho intramolecular Hbond substituents is 1. The van der Waals surface area contributed by atoms with Gasteiger partial charge in [0.15, 0.2) is 9.84 Å². The molecule has 1 aromatic carbocycles. The molecule has 0 fully saturated rings. The van der Waals surface area contributed by atoms with Crippen LogP contribution in [0.2, 0.25) is 5.02 Å². The van der Waals surface area contributed by atoms with Crippen LogP contribution in [0.25, 0.3) is 0 Å². The van der Waals surface area contributed by atoms with Gasteiger partial charge in [0.25, 0.3) is 0 Å². The Balaban J connectivity index is 0.000000437. The summed E-state index contributed by atoms with van der Waals surface area (Å²) in [4.78, 5) is 9.62. The quantitative estimate of drug-likeness (QED) is 0.791.